The summed E-state index contributed by atoms with van der Waals surface area (Å²) in [5.74, 6) is 0.750. The monoisotopic (exact) mass is 396 g/mol. The second-order valence-electron chi connectivity index (χ2n) is 8.92. The molecule has 2 amide bonds. The lowest BCUT2D eigenvalue weighted by molar-refractivity contribution is -0.137. The van der Waals surface area contributed by atoms with Crippen LogP contribution in [0.4, 0.5) is 0 Å². The minimum Gasteiger partial charge on any atom is -0.459 e. The molecular formula is C21H24N4O4. The molecule has 2 aromatic heterocycles. The van der Waals surface area contributed by atoms with Crippen LogP contribution in [0, 0.1) is 11.3 Å². The van der Waals surface area contributed by atoms with Gasteiger partial charge in [0.1, 0.15) is 5.54 Å². The molecule has 0 aromatic carbocycles. The summed E-state index contributed by atoms with van der Waals surface area (Å²) < 4.78 is 13.0. The first-order valence-electron chi connectivity index (χ1n) is 10.3. The summed E-state index contributed by atoms with van der Waals surface area (Å²) in [4.78, 5) is 35.2. The molecule has 2 saturated heterocycles. The van der Waals surface area contributed by atoms with Crippen molar-refractivity contribution in [2.45, 2.75) is 24.8 Å². The molecule has 8 nitrogen and oxygen atoms in total. The highest BCUT2D eigenvalue weighted by molar-refractivity contribution is 5.93. The lowest BCUT2D eigenvalue weighted by atomic mass is 9.85. The lowest BCUT2D eigenvalue weighted by Crippen LogP contribution is -2.55. The molecule has 0 N–H and O–H groups in total. The number of likely N-dealkylation sites (tertiary alicyclic amines) is 1. The minimum absolute atomic E-state index is 0.132. The van der Waals surface area contributed by atoms with E-state index in [2.05, 4.69) is 0 Å². The van der Waals surface area contributed by atoms with Crippen LogP contribution in [0.15, 0.2) is 29.1 Å². The number of carbonyl (C=O) groups excluding carboxylic acids is 2. The number of amides is 2. The lowest BCUT2D eigenvalue weighted by Gasteiger charge is -2.43. The molecule has 6 rings (SSSR count). The van der Waals surface area contributed by atoms with Gasteiger partial charge in [-0.15, -0.1) is 0 Å². The number of hydrogen-bond acceptors (Lipinski definition) is 5. The summed E-state index contributed by atoms with van der Waals surface area (Å²) in [6, 6.07) is 3.43. The fourth-order valence-corrected chi connectivity index (χ4v) is 5.71. The Hall–Kier alpha value is -2.61. The van der Waals surface area contributed by atoms with Crippen molar-refractivity contribution in [1.82, 2.24) is 19.4 Å². The van der Waals surface area contributed by atoms with Crippen LogP contribution in [0.2, 0.25) is 0 Å². The summed E-state index contributed by atoms with van der Waals surface area (Å²) in [6.07, 6.45) is 5.70. The van der Waals surface area contributed by atoms with Gasteiger partial charge in [-0.1, -0.05) is 0 Å². The van der Waals surface area contributed by atoms with Crippen molar-refractivity contribution in [3.8, 4) is 0 Å². The van der Waals surface area contributed by atoms with Crippen LogP contribution in [0.1, 0.15) is 34.8 Å². The van der Waals surface area contributed by atoms with Gasteiger partial charge >= 0.3 is 0 Å². The molecule has 8 heteroatoms. The molecule has 1 saturated carbocycles. The Labute approximate surface area is 168 Å². The predicted octanol–water partition coefficient (Wildman–Crippen LogP) is 1.18. The maximum Gasteiger partial charge on any atom is 0.290 e. The van der Waals surface area contributed by atoms with E-state index in [-0.39, 0.29) is 17.2 Å². The molecule has 3 aliphatic heterocycles. The number of imidazole rings is 1. The van der Waals surface area contributed by atoms with Gasteiger partial charge in [-0.25, -0.2) is 4.98 Å². The second kappa shape index (κ2) is 5.72. The number of aryl methyl sites for hydroxylation is 1. The number of rotatable bonds is 2. The normalized spacial score (nSPS) is 32.5. The van der Waals surface area contributed by atoms with Crippen molar-refractivity contribution in [1.29, 1.82) is 0 Å². The quantitative estimate of drug-likeness (QED) is 0.761. The fourth-order valence-electron chi connectivity index (χ4n) is 5.71. The number of nitrogens with zero attached hydrogens (tertiary/aromatic N) is 4. The van der Waals surface area contributed by atoms with Crippen molar-refractivity contribution in [2.24, 2.45) is 18.4 Å². The molecule has 152 valence electrons. The number of aromatic nitrogens is 2. The molecule has 1 unspecified atom stereocenters. The van der Waals surface area contributed by atoms with E-state index in [0.29, 0.717) is 50.9 Å². The Morgan fingerprint density at radius 1 is 1.31 bits per heavy atom. The van der Waals surface area contributed by atoms with E-state index in [1.165, 1.54) is 6.26 Å². The number of carbonyl (C=O) groups is 2. The summed E-state index contributed by atoms with van der Waals surface area (Å²) in [6.45, 7) is 2.93. The number of furan rings is 1. The molecule has 1 aliphatic carbocycles. The van der Waals surface area contributed by atoms with Crippen molar-refractivity contribution < 1.29 is 18.7 Å². The Bertz CT molecular complexity index is 998. The standard InChI is InChI=1S/C21H24N4O4/c1-23-13-22-17-15(23)4-6-25(18(26)16-3-2-8-29-16)21(17)5-7-24(11-21)19(27)20-9-14(20)10-28-12-20/h2-3,8,13-14H,4-7,9-12H2,1H3/t14-,20-,21?/m0/s1. The average molecular weight is 396 g/mol. The summed E-state index contributed by atoms with van der Waals surface area (Å²) in [7, 11) is 1.99. The number of fused-ring (bicyclic) bond motifs is 3. The first kappa shape index (κ1) is 17.3. The van der Waals surface area contributed by atoms with E-state index in [4.69, 9.17) is 14.1 Å². The average Bonchev–Trinajstić information content (AvgIpc) is 3.30. The van der Waals surface area contributed by atoms with Crippen molar-refractivity contribution in [2.75, 3.05) is 32.8 Å². The van der Waals surface area contributed by atoms with Crippen LogP contribution in [0.5, 0.6) is 0 Å². The van der Waals surface area contributed by atoms with Gasteiger partial charge in [-0.2, -0.15) is 0 Å². The van der Waals surface area contributed by atoms with Crippen LogP contribution >= 0.6 is 0 Å². The van der Waals surface area contributed by atoms with E-state index in [9.17, 15) is 9.59 Å². The SMILES string of the molecule is Cn1cnc2c1CCN(C(=O)c1ccco1)C21CCN(C(=O)[C@@]23COC[C@@H]2C3)C1. The molecule has 3 fully saturated rings. The third kappa shape index (κ3) is 2.20. The van der Waals surface area contributed by atoms with Crippen molar-refractivity contribution in [3.05, 3.63) is 41.9 Å². The number of ether oxygens (including phenoxy) is 1. The fraction of sp³-hybridized carbons (Fsp3) is 0.571. The maximum atomic E-state index is 13.4. The molecule has 4 aliphatic rings. The molecule has 2 aromatic rings. The zero-order valence-electron chi connectivity index (χ0n) is 16.5. The van der Waals surface area contributed by atoms with Crippen LogP contribution < -0.4 is 0 Å². The zero-order valence-corrected chi connectivity index (χ0v) is 16.5. The van der Waals surface area contributed by atoms with Gasteiger partial charge in [-0.05, 0) is 25.0 Å². The first-order valence-corrected chi connectivity index (χ1v) is 10.3. The molecule has 29 heavy (non-hydrogen) atoms. The van der Waals surface area contributed by atoms with E-state index in [1.54, 1.807) is 12.1 Å². The molecule has 5 heterocycles. The van der Waals surface area contributed by atoms with Gasteiger partial charge in [0.15, 0.2) is 5.76 Å². The molecule has 3 atom stereocenters. The highest BCUT2D eigenvalue weighted by Crippen LogP contribution is 2.58. The van der Waals surface area contributed by atoms with Gasteiger partial charge in [0, 0.05) is 44.7 Å². The van der Waals surface area contributed by atoms with Gasteiger partial charge in [-0.3, -0.25) is 9.59 Å². The van der Waals surface area contributed by atoms with Crippen LogP contribution in [-0.2, 0) is 28.5 Å². The Balaban J connectivity index is 1.37. The smallest absolute Gasteiger partial charge is 0.290 e. The maximum absolute atomic E-state index is 13.4. The van der Waals surface area contributed by atoms with E-state index >= 15 is 0 Å². The third-order valence-electron chi connectivity index (χ3n) is 7.44. The Morgan fingerprint density at radius 3 is 2.93 bits per heavy atom. The molecular weight excluding hydrogens is 372 g/mol. The highest BCUT2D eigenvalue weighted by Gasteiger charge is 2.66. The highest BCUT2D eigenvalue weighted by atomic mass is 16.5. The van der Waals surface area contributed by atoms with Gasteiger partial charge in [0.05, 0.1) is 36.9 Å². The van der Waals surface area contributed by atoms with E-state index in [1.807, 2.05) is 27.7 Å². The largest absolute Gasteiger partial charge is 0.459 e. The summed E-state index contributed by atoms with van der Waals surface area (Å²) in [5.41, 5.74) is 1.15. The summed E-state index contributed by atoms with van der Waals surface area (Å²) >= 11 is 0. The topological polar surface area (TPSA) is 80.8 Å². The minimum atomic E-state index is -0.602. The Morgan fingerprint density at radius 2 is 2.21 bits per heavy atom. The van der Waals surface area contributed by atoms with Crippen LogP contribution in [-0.4, -0.2) is 64.0 Å². The van der Waals surface area contributed by atoms with Crippen molar-refractivity contribution >= 4 is 11.8 Å². The van der Waals surface area contributed by atoms with Crippen LogP contribution in [0.3, 0.4) is 0 Å². The van der Waals surface area contributed by atoms with Gasteiger partial charge in [0.2, 0.25) is 5.91 Å². The van der Waals surface area contributed by atoms with Crippen molar-refractivity contribution in [3.63, 3.8) is 0 Å². The third-order valence-corrected chi connectivity index (χ3v) is 7.44. The summed E-state index contributed by atoms with van der Waals surface area (Å²) in [5, 5.41) is 0. The molecule has 0 bridgehead atoms. The zero-order chi connectivity index (χ0) is 19.8. The first-order chi connectivity index (χ1) is 14.1. The predicted molar refractivity (Wildman–Crippen MR) is 101 cm³/mol. The Kier molecular flexibility index (Phi) is 3.40. The molecule has 1 spiro atoms. The van der Waals surface area contributed by atoms with Crippen LogP contribution in [0.25, 0.3) is 0 Å². The molecule has 0 radical (unpaired) electrons. The second-order valence-corrected chi connectivity index (χ2v) is 8.92. The van der Waals surface area contributed by atoms with Gasteiger partial charge < -0.3 is 23.5 Å². The van der Waals surface area contributed by atoms with E-state index < -0.39 is 5.54 Å². The number of hydrogen-bond donors (Lipinski definition) is 0. The van der Waals surface area contributed by atoms with Gasteiger partial charge in [0.25, 0.3) is 5.91 Å². The van der Waals surface area contributed by atoms with E-state index in [0.717, 1.165) is 24.2 Å².